The highest BCUT2D eigenvalue weighted by Gasteiger charge is 2.34. The minimum absolute atomic E-state index is 0.0149. The number of hydrogen-bond donors (Lipinski definition) is 1. The molecule has 0 amide bonds. The first-order valence-corrected chi connectivity index (χ1v) is 6.50. The molecule has 5 heteroatoms. The average molecular weight is 252 g/mol. The van der Waals surface area contributed by atoms with Gasteiger partial charge >= 0.3 is 0 Å². The summed E-state index contributed by atoms with van der Waals surface area (Å²) < 4.78 is 7.59. The molecule has 0 aliphatic carbocycles. The van der Waals surface area contributed by atoms with Gasteiger partial charge in [-0.25, -0.2) is 0 Å². The summed E-state index contributed by atoms with van der Waals surface area (Å²) in [6, 6.07) is 0. The lowest BCUT2D eigenvalue weighted by Gasteiger charge is -2.43. The van der Waals surface area contributed by atoms with Crippen molar-refractivity contribution < 1.29 is 4.74 Å². The maximum Gasteiger partial charge on any atom is 0.131 e. The Hall–Kier alpha value is -1.07. The minimum atomic E-state index is 0.0149. The standard InChI is InChI=1S/C13H24N4O/c1-10-11(8-14-4)12(16(5)15-10)17-6-7-18-9-13(17,2)3/h14H,6-9H2,1-5H3. The zero-order valence-corrected chi connectivity index (χ0v) is 12.1. The molecule has 1 saturated heterocycles. The fourth-order valence-corrected chi connectivity index (χ4v) is 2.66. The monoisotopic (exact) mass is 252 g/mol. The van der Waals surface area contributed by atoms with Crippen molar-refractivity contribution in [2.45, 2.75) is 32.9 Å². The number of rotatable bonds is 3. The van der Waals surface area contributed by atoms with Crippen molar-refractivity contribution in [1.29, 1.82) is 0 Å². The molecule has 1 aliphatic heterocycles. The van der Waals surface area contributed by atoms with E-state index < -0.39 is 0 Å². The second-order valence-corrected chi connectivity index (χ2v) is 5.56. The van der Waals surface area contributed by atoms with E-state index in [0.717, 1.165) is 32.0 Å². The van der Waals surface area contributed by atoms with Gasteiger partial charge in [-0.1, -0.05) is 0 Å². The molecule has 0 saturated carbocycles. The molecule has 102 valence electrons. The van der Waals surface area contributed by atoms with Gasteiger partial charge in [0.05, 0.1) is 24.4 Å². The van der Waals surface area contributed by atoms with Gasteiger partial charge in [0.2, 0.25) is 0 Å². The van der Waals surface area contributed by atoms with E-state index in [4.69, 9.17) is 4.74 Å². The Balaban J connectivity index is 2.42. The number of ether oxygens (including phenoxy) is 1. The van der Waals surface area contributed by atoms with Crippen LogP contribution in [0.1, 0.15) is 25.1 Å². The summed E-state index contributed by atoms with van der Waals surface area (Å²) in [5, 5.41) is 7.80. The number of aromatic nitrogens is 2. The molecule has 0 spiro atoms. The lowest BCUT2D eigenvalue weighted by Crippen LogP contribution is -2.54. The maximum absolute atomic E-state index is 5.60. The van der Waals surface area contributed by atoms with Gasteiger partial charge in [-0.3, -0.25) is 4.68 Å². The molecule has 1 fully saturated rings. The van der Waals surface area contributed by atoms with Crippen LogP contribution in [0.3, 0.4) is 0 Å². The van der Waals surface area contributed by atoms with Crippen molar-refractivity contribution in [2.24, 2.45) is 7.05 Å². The fourth-order valence-electron chi connectivity index (χ4n) is 2.66. The van der Waals surface area contributed by atoms with Crippen LogP contribution in [0.2, 0.25) is 0 Å². The molecule has 0 atom stereocenters. The summed E-state index contributed by atoms with van der Waals surface area (Å²) in [5.41, 5.74) is 2.40. The topological polar surface area (TPSA) is 42.3 Å². The molecule has 1 aromatic heterocycles. The van der Waals surface area contributed by atoms with Crippen LogP contribution >= 0.6 is 0 Å². The molecule has 0 bridgehead atoms. The Labute approximate surface area is 109 Å². The number of anilines is 1. The molecular formula is C13H24N4O. The van der Waals surface area contributed by atoms with Gasteiger partial charge in [0.1, 0.15) is 5.82 Å². The molecule has 1 aromatic rings. The molecule has 2 rings (SSSR count). The van der Waals surface area contributed by atoms with E-state index in [2.05, 4.69) is 36.1 Å². The molecule has 2 heterocycles. The molecule has 1 aliphatic rings. The fraction of sp³-hybridized carbons (Fsp3) is 0.769. The molecule has 0 radical (unpaired) electrons. The summed E-state index contributed by atoms with van der Waals surface area (Å²) in [6.07, 6.45) is 0. The predicted molar refractivity (Wildman–Crippen MR) is 73.0 cm³/mol. The lowest BCUT2D eigenvalue weighted by molar-refractivity contribution is 0.0633. The van der Waals surface area contributed by atoms with Crippen LogP contribution in [-0.4, -0.2) is 42.1 Å². The predicted octanol–water partition coefficient (Wildman–Crippen LogP) is 1.06. The number of nitrogens with zero attached hydrogens (tertiary/aromatic N) is 3. The van der Waals surface area contributed by atoms with Gasteiger partial charge in [-0.15, -0.1) is 0 Å². The van der Waals surface area contributed by atoms with Gasteiger partial charge < -0.3 is 15.0 Å². The number of morpholine rings is 1. The van der Waals surface area contributed by atoms with E-state index in [1.165, 1.54) is 11.4 Å². The average Bonchev–Trinajstić information content (AvgIpc) is 2.55. The Morgan fingerprint density at radius 1 is 1.44 bits per heavy atom. The Morgan fingerprint density at radius 2 is 2.17 bits per heavy atom. The highest BCUT2D eigenvalue weighted by Crippen LogP contribution is 2.31. The van der Waals surface area contributed by atoms with Crippen molar-refractivity contribution >= 4 is 5.82 Å². The van der Waals surface area contributed by atoms with Gasteiger partial charge in [0.25, 0.3) is 0 Å². The SMILES string of the molecule is CNCc1c(C)nn(C)c1N1CCOCC1(C)C. The molecule has 18 heavy (non-hydrogen) atoms. The van der Waals surface area contributed by atoms with E-state index in [1.807, 2.05) is 18.8 Å². The highest BCUT2D eigenvalue weighted by atomic mass is 16.5. The van der Waals surface area contributed by atoms with Gasteiger partial charge in [-0.2, -0.15) is 5.10 Å². The van der Waals surface area contributed by atoms with Crippen LogP contribution < -0.4 is 10.2 Å². The van der Waals surface area contributed by atoms with E-state index in [-0.39, 0.29) is 5.54 Å². The van der Waals surface area contributed by atoms with Gasteiger partial charge in [0.15, 0.2) is 0 Å². The largest absolute Gasteiger partial charge is 0.377 e. The van der Waals surface area contributed by atoms with Gasteiger partial charge in [-0.05, 0) is 27.8 Å². The number of aryl methyl sites for hydroxylation is 2. The van der Waals surface area contributed by atoms with Crippen molar-refractivity contribution in [3.05, 3.63) is 11.3 Å². The third-order valence-corrected chi connectivity index (χ3v) is 3.57. The third kappa shape index (κ3) is 2.24. The number of nitrogens with one attached hydrogen (secondary N) is 1. The zero-order valence-electron chi connectivity index (χ0n) is 12.1. The van der Waals surface area contributed by atoms with Crippen molar-refractivity contribution in [3.63, 3.8) is 0 Å². The first-order chi connectivity index (χ1) is 8.47. The van der Waals surface area contributed by atoms with E-state index in [9.17, 15) is 0 Å². The number of hydrogen-bond acceptors (Lipinski definition) is 4. The Kier molecular flexibility index (Phi) is 3.64. The zero-order chi connectivity index (χ0) is 13.3. The maximum atomic E-state index is 5.60. The summed E-state index contributed by atoms with van der Waals surface area (Å²) in [4.78, 5) is 2.42. The highest BCUT2D eigenvalue weighted by molar-refractivity contribution is 5.52. The smallest absolute Gasteiger partial charge is 0.131 e. The Bertz CT molecular complexity index is 425. The quantitative estimate of drug-likeness (QED) is 0.873. The molecule has 0 unspecified atom stereocenters. The van der Waals surface area contributed by atoms with Gasteiger partial charge in [0, 0.05) is 25.7 Å². The van der Waals surface area contributed by atoms with Crippen LogP contribution in [0.25, 0.3) is 0 Å². The first kappa shape index (κ1) is 13.4. The molecule has 1 N–H and O–H groups in total. The van der Waals surface area contributed by atoms with Crippen molar-refractivity contribution in [3.8, 4) is 0 Å². The lowest BCUT2D eigenvalue weighted by atomic mass is 10.0. The van der Waals surface area contributed by atoms with Crippen LogP contribution in [0.5, 0.6) is 0 Å². The molecule has 0 aromatic carbocycles. The first-order valence-electron chi connectivity index (χ1n) is 6.50. The second-order valence-electron chi connectivity index (χ2n) is 5.56. The normalized spacial score (nSPS) is 19.3. The summed E-state index contributed by atoms with van der Waals surface area (Å²) in [6.45, 7) is 9.83. The molecule has 5 nitrogen and oxygen atoms in total. The van der Waals surface area contributed by atoms with Crippen LogP contribution in [0.4, 0.5) is 5.82 Å². The summed E-state index contributed by atoms with van der Waals surface area (Å²) in [5.74, 6) is 1.22. The third-order valence-electron chi connectivity index (χ3n) is 3.57. The van der Waals surface area contributed by atoms with Crippen molar-refractivity contribution in [2.75, 3.05) is 31.7 Å². The summed E-state index contributed by atoms with van der Waals surface area (Å²) >= 11 is 0. The van der Waals surface area contributed by atoms with Crippen LogP contribution in [0.15, 0.2) is 0 Å². The summed E-state index contributed by atoms with van der Waals surface area (Å²) in [7, 11) is 3.99. The minimum Gasteiger partial charge on any atom is -0.377 e. The second kappa shape index (κ2) is 4.90. The molecular weight excluding hydrogens is 228 g/mol. The van der Waals surface area contributed by atoms with Crippen molar-refractivity contribution in [1.82, 2.24) is 15.1 Å². The van der Waals surface area contributed by atoms with E-state index in [0.29, 0.717) is 0 Å². The van der Waals surface area contributed by atoms with Crippen LogP contribution in [-0.2, 0) is 18.3 Å². The van der Waals surface area contributed by atoms with Crippen LogP contribution in [0, 0.1) is 6.92 Å². The Morgan fingerprint density at radius 3 is 2.78 bits per heavy atom. The van der Waals surface area contributed by atoms with E-state index >= 15 is 0 Å². The van der Waals surface area contributed by atoms with E-state index in [1.54, 1.807) is 0 Å².